The van der Waals surface area contributed by atoms with E-state index in [1.54, 1.807) is 0 Å². The Morgan fingerprint density at radius 1 is 1.28 bits per heavy atom. The Kier molecular flexibility index (Phi) is 3.54. The number of nitrogens with zero attached hydrogens (tertiary/aromatic N) is 1. The summed E-state index contributed by atoms with van der Waals surface area (Å²) >= 11 is 0. The second-order valence-corrected chi connectivity index (χ2v) is 2.84. The van der Waals surface area contributed by atoms with E-state index in [1.807, 2.05) is 0 Å². The maximum absolute atomic E-state index is 10.9. The summed E-state index contributed by atoms with van der Waals surface area (Å²) in [5.41, 5.74) is -0.445. The van der Waals surface area contributed by atoms with Crippen molar-refractivity contribution in [1.82, 2.24) is 19.9 Å². The van der Waals surface area contributed by atoms with Crippen LogP contribution >= 0.6 is 0 Å². The number of aromatic amines is 3. The van der Waals surface area contributed by atoms with E-state index in [-0.39, 0.29) is 11.2 Å². The number of aliphatic carboxylic acids is 1. The maximum atomic E-state index is 10.9. The number of H-pyrrole nitrogens is 3. The third kappa shape index (κ3) is 3.20. The van der Waals surface area contributed by atoms with Crippen LogP contribution < -0.4 is 11.2 Å². The summed E-state index contributed by atoms with van der Waals surface area (Å²) in [7, 11) is 0. The van der Waals surface area contributed by atoms with Gasteiger partial charge in [-0.05, 0) is 0 Å². The molecule has 0 aliphatic rings. The summed E-state index contributed by atoms with van der Waals surface area (Å²) in [6.45, 7) is 0. The second kappa shape index (κ2) is 4.73. The molecule has 4 N–H and O–H groups in total. The Bertz CT molecular complexity index is 667. The van der Waals surface area contributed by atoms with E-state index in [2.05, 4.69) is 19.9 Å². The number of carboxylic acids is 1. The van der Waals surface area contributed by atoms with E-state index in [0.717, 1.165) is 0 Å². The van der Waals surface area contributed by atoms with Crippen LogP contribution in [0.15, 0.2) is 15.9 Å². The predicted octanol–water partition coefficient (Wildman–Crippen LogP) is -0.427. The predicted molar refractivity (Wildman–Crippen MR) is 51.0 cm³/mol. The number of carbonyl (C=O) groups is 1. The van der Waals surface area contributed by atoms with Gasteiger partial charge < -0.3 is 10.1 Å². The first-order valence-corrected chi connectivity index (χ1v) is 4.17. The topological polar surface area (TPSA) is 132 Å². The number of halogens is 3. The Hall–Kier alpha value is -2.59. The number of hydrogen-bond donors (Lipinski definition) is 4. The monoisotopic (exact) mass is 266 g/mol. The molecule has 0 bridgehead atoms. The molecule has 0 saturated carbocycles. The smallest absolute Gasteiger partial charge is 0.475 e. The summed E-state index contributed by atoms with van der Waals surface area (Å²) in [4.78, 5) is 41.2. The van der Waals surface area contributed by atoms with Crippen molar-refractivity contribution >= 4 is 17.1 Å². The zero-order valence-corrected chi connectivity index (χ0v) is 8.33. The lowest BCUT2D eigenvalue weighted by Crippen LogP contribution is -2.21. The van der Waals surface area contributed by atoms with Gasteiger partial charge in [-0.3, -0.25) is 14.8 Å². The molecular formula is C7H5F3N4O4. The molecule has 0 fully saturated rings. The fourth-order valence-corrected chi connectivity index (χ4v) is 0.867. The number of aromatic nitrogens is 4. The highest BCUT2D eigenvalue weighted by atomic mass is 19.4. The minimum atomic E-state index is -5.08. The second-order valence-electron chi connectivity index (χ2n) is 2.84. The highest BCUT2D eigenvalue weighted by Crippen LogP contribution is 2.13. The normalized spacial score (nSPS) is 10.8. The number of imidazole rings is 1. The summed E-state index contributed by atoms with van der Waals surface area (Å²) < 4.78 is 31.7. The van der Waals surface area contributed by atoms with Crippen molar-refractivity contribution < 1.29 is 23.1 Å². The van der Waals surface area contributed by atoms with Crippen molar-refractivity contribution in [3.8, 4) is 0 Å². The minimum absolute atomic E-state index is 0.277. The van der Waals surface area contributed by atoms with Crippen molar-refractivity contribution in [3.05, 3.63) is 27.2 Å². The molecule has 8 nitrogen and oxygen atoms in total. The highest BCUT2D eigenvalue weighted by molar-refractivity contribution is 5.73. The van der Waals surface area contributed by atoms with Crippen LogP contribution in [0.3, 0.4) is 0 Å². The molecule has 2 heterocycles. The van der Waals surface area contributed by atoms with E-state index >= 15 is 0 Å². The van der Waals surface area contributed by atoms with Crippen LogP contribution in [0, 0.1) is 0 Å². The van der Waals surface area contributed by atoms with E-state index in [1.165, 1.54) is 6.33 Å². The fraction of sp³-hybridized carbons (Fsp3) is 0.143. The van der Waals surface area contributed by atoms with Gasteiger partial charge in [-0.25, -0.2) is 14.6 Å². The lowest BCUT2D eigenvalue weighted by Gasteiger charge is -1.93. The summed E-state index contributed by atoms with van der Waals surface area (Å²) in [6, 6.07) is 0. The molecule has 2 rings (SSSR count). The minimum Gasteiger partial charge on any atom is -0.475 e. The van der Waals surface area contributed by atoms with Crippen molar-refractivity contribution in [3.63, 3.8) is 0 Å². The molecule has 18 heavy (non-hydrogen) atoms. The Morgan fingerprint density at radius 2 is 1.83 bits per heavy atom. The molecule has 98 valence electrons. The van der Waals surface area contributed by atoms with Crippen LogP contribution in [0.1, 0.15) is 0 Å². The molecule has 0 aliphatic heterocycles. The van der Waals surface area contributed by atoms with Crippen molar-refractivity contribution in [2.24, 2.45) is 0 Å². The number of rotatable bonds is 0. The molecule has 2 aromatic heterocycles. The third-order valence-electron chi connectivity index (χ3n) is 1.57. The van der Waals surface area contributed by atoms with E-state index in [4.69, 9.17) is 9.90 Å². The lowest BCUT2D eigenvalue weighted by molar-refractivity contribution is -0.192. The summed E-state index contributed by atoms with van der Waals surface area (Å²) in [6.07, 6.45) is -3.74. The van der Waals surface area contributed by atoms with Gasteiger partial charge in [-0.1, -0.05) is 0 Å². The Labute approximate surface area is 94.5 Å². The van der Waals surface area contributed by atoms with Gasteiger partial charge in [0.25, 0.3) is 5.56 Å². The van der Waals surface area contributed by atoms with Crippen LogP contribution in [-0.4, -0.2) is 37.2 Å². The average Bonchev–Trinajstić information content (AvgIpc) is 2.64. The number of fused-ring (bicyclic) bond motifs is 1. The molecule has 0 spiro atoms. The van der Waals surface area contributed by atoms with E-state index in [0.29, 0.717) is 0 Å². The first-order valence-electron chi connectivity index (χ1n) is 4.17. The van der Waals surface area contributed by atoms with Crippen LogP contribution in [0.4, 0.5) is 13.2 Å². The van der Waals surface area contributed by atoms with Gasteiger partial charge in [-0.2, -0.15) is 13.2 Å². The first-order chi connectivity index (χ1) is 8.21. The van der Waals surface area contributed by atoms with Gasteiger partial charge in [0, 0.05) is 0 Å². The van der Waals surface area contributed by atoms with Crippen molar-refractivity contribution in [2.75, 3.05) is 0 Å². The number of nitrogens with one attached hydrogen (secondary N) is 3. The summed E-state index contributed by atoms with van der Waals surface area (Å²) in [5.74, 6) is -2.76. The standard InChI is InChI=1S/C5H4N4O2.C2HF3O2/c10-4-2-3(7-1-6-2)8-5(11)9-4;3-2(4,5)1(6)7/h1H,(H3,6,7,8,9,10,11);(H,6,7). The zero-order valence-electron chi connectivity index (χ0n) is 8.33. The molecule has 0 aromatic carbocycles. The molecule has 0 amide bonds. The van der Waals surface area contributed by atoms with Crippen LogP contribution in [0.2, 0.25) is 0 Å². The molecule has 0 aliphatic carbocycles. The number of hydrogen-bond acceptors (Lipinski definition) is 4. The first kappa shape index (κ1) is 13.5. The zero-order chi connectivity index (χ0) is 13.9. The largest absolute Gasteiger partial charge is 0.490 e. The molecule has 11 heteroatoms. The Morgan fingerprint density at radius 3 is 2.33 bits per heavy atom. The van der Waals surface area contributed by atoms with E-state index in [9.17, 15) is 22.8 Å². The van der Waals surface area contributed by atoms with Gasteiger partial charge >= 0.3 is 17.8 Å². The molecule has 0 atom stereocenters. The van der Waals surface area contributed by atoms with Gasteiger partial charge in [0.2, 0.25) is 0 Å². The summed E-state index contributed by atoms with van der Waals surface area (Å²) in [5, 5.41) is 7.12. The molecule has 0 saturated heterocycles. The van der Waals surface area contributed by atoms with E-state index < -0.39 is 23.4 Å². The Balaban J connectivity index is 0.000000203. The lowest BCUT2D eigenvalue weighted by atomic mass is 10.5. The molecule has 0 radical (unpaired) electrons. The van der Waals surface area contributed by atoms with Crippen molar-refractivity contribution in [1.29, 1.82) is 0 Å². The average molecular weight is 266 g/mol. The SMILES string of the molecule is O=C(O)C(F)(F)F.O=c1[nH]c(=O)c2[nH]cnc2[nH]1. The van der Waals surface area contributed by atoms with Gasteiger partial charge in [0.05, 0.1) is 6.33 Å². The number of carboxylic acid groups (broad SMARTS) is 1. The van der Waals surface area contributed by atoms with Crippen LogP contribution in [0.25, 0.3) is 11.2 Å². The molecular weight excluding hydrogens is 261 g/mol. The number of alkyl halides is 3. The maximum Gasteiger partial charge on any atom is 0.490 e. The van der Waals surface area contributed by atoms with Gasteiger partial charge in [0.1, 0.15) is 5.52 Å². The molecule has 2 aromatic rings. The van der Waals surface area contributed by atoms with Crippen LogP contribution in [-0.2, 0) is 4.79 Å². The fourth-order valence-electron chi connectivity index (χ4n) is 0.867. The van der Waals surface area contributed by atoms with Gasteiger partial charge in [-0.15, -0.1) is 0 Å². The highest BCUT2D eigenvalue weighted by Gasteiger charge is 2.38. The molecule has 0 unspecified atom stereocenters. The van der Waals surface area contributed by atoms with Crippen molar-refractivity contribution in [2.45, 2.75) is 6.18 Å². The third-order valence-corrected chi connectivity index (χ3v) is 1.57. The van der Waals surface area contributed by atoms with Crippen LogP contribution in [0.5, 0.6) is 0 Å². The quantitative estimate of drug-likeness (QED) is 0.513. The van der Waals surface area contributed by atoms with Gasteiger partial charge in [0.15, 0.2) is 5.65 Å².